The molecule has 3 nitrogen and oxygen atoms in total. The number of hydrogen-bond donors (Lipinski definition) is 0. The molecule has 0 radical (unpaired) electrons. The number of fused-ring (bicyclic) bond motifs is 1. The van der Waals surface area contributed by atoms with Crippen molar-refractivity contribution in [1.82, 2.24) is 9.80 Å². The molecule has 2 aromatic carbocycles. The lowest BCUT2D eigenvalue weighted by molar-refractivity contribution is -0.132. The second kappa shape index (κ2) is 7.79. The van der Waals surface area contributed by atoms with Crippen molar-refractivity contribution in [3.05, 3.63) is 48.0 Å². The summed E-state index contributed by atoms with van der Waals surface area (Å²) in [6.45, 7) is 6.04. The molecule has 1 amide bonds. The van der Waals surface area contributed by atoms with Crippen LogP contribution in [0.25, 0.3) is 10.8 Å². The van der Waals surface area contributed by atoms with Crippen LogP contribution in [0.5, 0.6) is 0 Å². The summed E-state index contributed by atoms with van der Waals surface area (Å²) in [5.41, 5.74) is 1.38. The van der Waals surface area contributed by atoms with E-state index in [2.05, 4.69) is 59.2 Å². The summed E-state index contributed by atoms with van der Waals surface area (Å²) >= 11 is 0. The zero-order chi connectivity index (χ0) is 17.9. The Bertz CT molecular complexity index is 754. The largest absolute Gasteiger partial charge is 0.343 e. The Labute approximate surface area is 157 Å². The van der Waals surface area contributed by atoms with E-state index >= 15 is 0 Å². The average Bonchev–Trinajstić information content (AvgIpc) is 3.51. The van der Waals surface area contributed by atoms with E-state index in [1.165, 1.54) is 29.2 Å². The number of hydrogen-bond acceptors (Lipinski definition) is 2. The van der Waals surface area contributed by atoms with Crippen molar-refractivity contribution in [3.8, 4) is 0 Å². The number of piperidine rings is 1. The van der Waals surface area contributed by atoms with Crippen LogP contribution >= 0.6 is 0 Å². The van der Waals surface area contributed by atoms with Crippen LogP contribution in [-0.4, -0.2) is 41.4 Å². The van der Waals surface area contributed by atoms with Gasteiger partial charge in [0.2, 0.25) is 5.91 Å². The highest BCUT2D eigenvalue weighted by molar-refractivity contribution is 5.85. The Kier molecular flexibility index (Phi) is 5.26. The van der Waals surface area contributed by atoms with Crippen molar-refractivity contribution in [2.75, 3.05) is 19.6 Å². The molecule has 0 unspecified atom stereocenters. The zero-order valence-corrected chi connectivity index (χ0v) is 15.9. The molecule has 0 spiro atoms. The minimum atomic E-state index is 0.348. The molecule has 4 rings (SSSR count). The highest BCUT2D eigenvalue weighted by atomic mass is 16.2. The second-order valence-corrected chi connectivity index (χ2v) is 8.15. The second-order valence-electron chi connectivity index (χ2n) is 8.15. The average molecular weight is 351 g/mol. The van der Waals surface area contributed by atoms with E-state index in [9.17, 15) is 4.79 Å². The van der Waals surface area contributed by atoms with Crippen molar-refractivity contribution in [2.24, 2.45) is 5.92 Å². The molecule has 1 saturated heterocycles. The maximum absolute atomic E-state index is 12.6. The molecule has 3 heteroatoms. The third kappa shape index (κ3) is 4.09. The molecule has 1 aliphatic carbocycles. The van der Waals surface area contributed by atoms with Gasteiger partial charge in [-0.05, 0) is 47.9 Å². The third-order valence-corrected chi connectivity index (χ3v) is 6.07. The summed E-state index contributed by atoms with van der Waals surface area (Å²) in [6, 6.07) is 15.9. The fourth-order valence-electron chi connectivity index (χ4n) is 4.13. The molecular formula is C23H30N2O. The fraction of sp³-hybridized carbons (Fsp3) is 0.522. The van der Waals surface area contributed by atoms with Crippen LogP contribution in [0.2, 0.25) is 0 Å². The van der Waals surface area contributed by atoms with Gasteiger partial charge in [-0.15, -0.1) is 0 Å². The van der Waals surface area contributed by atoms with Gasteiger partial charge in [0, 0.05) is 38.6 Å². The quantitative estimate of drug-likeness (QED) is 0.768. The van der Waals surface area contributed by atoms with Crippen molar-refractivity contribution >= 4 is 16.7 Å². The highest BCUT2D eigenvalue weighted by Crippen LogP contribution is 2.30. The summed E-state index contributed by atoms with van der Waals surface area (Å²) in [5.74, 6) is 1.12. The third-order valence-electron chi connectivity index (χ3n) is 6.07. The molecule has 1 heterocycles. The van der Waals surface area contributed by atoms with Gasteiger partial charge in [0.1, 0.15) is 0 Å². The van der Waals surface area contributed by atoms with Gasteiger partial charge in [0.15, 0.2) is 0 Å². The van der Waals surface area contributed by atoms with Gasteiger partial charge < -0.3 is 4.90 Å². The number of amides is 1. The first-order chi connectivity index (χ1) is 12.7. The molecule has 0 aromatic heterocycles. The monoisotopic (exact) mass is 350 g/mol. The van der Waals surface area contributed by atoms with E-state index in [0.29, 0.717) is 18.4 Å². The normalized spacial score (nSPS) is 18.6. The lowest BCUT2D eigenvalue weighted by atomic mass is 9.99. The van der Waals surface area contributed by atoms with Crippen molar-refractivity contribution in [1.29, 1.82) is 0 Å². The molecule has 2 aliphatic rings. The van der Waals surface area contributed by atoms with E-state index in [-0.39, 0.29) is 0 Å². The van der Waals surface area contributed by atoms with Gasteiger partial charge in [-0.3, -0.25) is 9.69 Å². The molecule has 2 aromatic rings. The van der Waals surface area contributed by atoms with Gasteiger partial charge >= 0.3 is 0 Å². The summed E-state index contributed by atoms with van der Waals surface area (Å²) in [6.07, 6.45) is 5.54. The Morgan fingerprint density at radius 1 is 1.04 bits per heavy atom. The topological polar surface area (TPSA) is 23.6 Å². The predicted molar refractivity (Wildman–Crippen MR) is 107 cm³/mol. The van der Waals surface area contributed by atoms with Gasteiger partial charge in [0.05, 0.1) is 0 Å². The molecule has 0 atom stereocenters. The maximum Gasteiger partial charge on any atom is 0.223 e. The van der Waals surface area contributed by atoms with Crippen LogP contribution in [0.4, 0.5) is 0 Å². The van der Waals surface area contributed by atoms with Crippen LogP contribution < -0.4 is 0 Å². The van der Waals surface area contributed by atoms with Crippen LogP contribution in [0.1, 0.15) is 44.6 Å². The zero-order valence-electron chi connectivity index (χ0n) is 15.9. The highest BCUT2D eigenvalue weighted by Gasteiger charge is 2.30. The van der Waals surface area contributed by atoms with Gasteiger partial charge in [-0.2, -0.15) is 0 Å². The van der Waals surface area contributed by atoms with E-state index in [1.807, 2.05) is 0 Å². The van der Waals surface area contributed by atoms with Crippen molar-refractivity contribution < 1.29 is 4.79 Å². The van der Waals surface area contributed by atoms with Gasteiger partial charge in [-0.1, -0.05) is 49.4 Å². The SMILES string of the molecule is CC1CCN(C(=O)CCN(Cc2cccc3ccccc23)C2CC2)CC1. The standard InChI is InChI=1S/C23H30N2O/c1-18-11-14-24(15-12-18)23(26)13-16-25(21-9-10-21)17-20-7-4-6-19-5-2-3-8-22(19)20/h2-8,18,21H,9-17H2,1H3. The first-order valence-electron chi connectivity index (χ1n) is 10.2. The molecule has 138 valence electrons. The Hall–Kier alpha value is -1.87. The number of rotatable bonds is 6. The number of carbonyl (C=O) groups excluding carboxylic acids is 1. The van der Waals surface area contributed by atoms with Crippen LogP contribution in [0, 0.1) is 5.92 Å². The molecule has 0 bridgehead atoms. The van der Waals surface area contributed by atoms with Crippen molar-refractivity contribution in [3.63, 3.8) is 0 Å². The fourth-order valence-corrected chi connectivity index (χ4v) is 4.13. The lowest BCUT2D eigenvalue weighted by Gasteiger charge is -2.31. The molecule has 26 heavy (non-hydrogen) atoms. The summed E-state index contributed by atoms with van der Waals surface area (Å²) < 4.78 is 0. The summed E-state index contributed by atoms with van der Waals surface area (Å²) in [5, 5.41) is 2.65. The Morgan fingerprint density at radius 3 is 2.54 bits per heavy atom. The molecule has 2 fully saturated rings. The van der Waals surface area contributed by atoms with Gasteiger partial charge in [0.25, 0.3) is 0 Å². The van der Waals surface area contributed by atoms with E-state index < -0.39 is 0 Å². The molecule has 0 N–H and O–H groups in total. The minimum Gasteiger partial charge on any atom is -0.343 e. The summed E-state index contributed by atoms with van der Waals surface area (Å²) in [4.78, 5) is 17.2. The first-order valence-corrected chi connectivity index (χ1v) is 10.2. The molecule has 1 aliphatic heterocycles. The summed E-state index contributed by atoms with van der Waals surface area (Å²) in [7, 11) is 0. The number of carbonyl (C=O) groups is 1. The first kappa shape index (κ1) is 17.5. The molecular weight excluding hydrogens is 320 g/mol. The minimum absolute atomic E-state index is 0.348. The van der Waals surface area contributed by atoms with Gasteiger partial charge in [-0.25, -0.2) is 0 Å². The Morgan fingerprint density at radius 2 is 1.77 bits per heavy atom. The number of benzene rings is 2. The van der Waals surface area contributed by atoms with Crippen LogP contribution in [-0.2, 0) is 11.3 Å². The Balaban J connectivity index is 1.39. The predicted octanol–water partition coefficient (Wildman–Crippen LogP) is 4.45. The lowest BCUT2D eigenvalue weighted by Crippen LogP contribution is -2.39. The maximum atomic E-state index is 12.6. The molecule has 1 saturated carbocycles. The van der Waals surface area contributed by atoms with E-state index in [0.717, 1.165) is 44.9 Å². The van der Waals surface area contributed by atoms with Crippen molar-refractivity contribution in [2.45, 2.75) is 51.6 Å². The smallest absolute Gasteiger partial charge is 0.223 e. The number of nitrogens with zero attached hydrogens (tertiary/aromatic N) is 2. The van der Waals surface area contributed by atoms with Crippen LogP contribution in [0.3, 0.4) is 0 Å². The number of likely N-dealkylation sites (tertiary alicyclic amines) is 1. The van der Waals surface area contributed by atoms with E-state index in [4.69, 9.17) is 0 Å². The van der Waals surface area contributed by atoms with E-state index in [1.54, 1.807) is 0 Å². The van der Waals surface area contributed by atoms with Crippen LogP contribution in [0.15, 0.2) is 42.5 Å².